The number of aliphatic hydroxyl groups is 1. The maximum absolute atomic E-state index is 10.4. The van der Waals surface area contributed by atoms with Gasteiger partial charge in [0.25, 0.3) is 0 Å². The molecule has 1 heterocycles. The number of carbonyl (C=O) groups excluding carboxylic acids is 1. The van der Waals surface area contributed by atoms with Crippen molar-refractivity contribution in [2.45, 2.75) is 13.3 Å². The molecule has 1 N–H and O–H groups in total. The van der Waals surface area contributed by atoms with Crippen molar-refractivity contribution in [2.24, 2.45) is 0 Å². The van der Waals surface area contributed by atoms with Gasteiger partial charge in [0, 0.05) is 19.2 Å². The van der Waals surface area contributed by atoms with Gasteiger partial charge in [0.15, 0.2) is 11.7 Å². The number of hydrogen-bond acceptors (Lipinski definition) is 3. The molecule has 0 aromatic rings. The number of rotatable bonds is 2. The summed E-state index contributed by atoms with van der Waals surface area (Å²) in [6.07, 6.45) is 2.36. The van der Waals surface area contributed by atoms with Crippen molar-refractivity contribution in [3.63, 3.8) is 0 Å². The normalized spacial score (nSPS) is 18.5. The molecule has 0 atom stereocenters. The lowest BCUT2D eigenvalue weighted by atomic mass is 10.2. The molecule has 0 bridgehead atoms. The Hall–Kier alpha value is -0.990. The monoisotopic (exact) mass is 141 g/mol. The second-order valence-corrected chi connectivity index (χ2v) is 2.45. The highest BCUT2D eigenvalue weighted by Crippen LogP contribution is 2.11. The number of allylic oxidation sites excluding steroid dienone is 1. The van der Waals surface area contributed by atoms with Crippen LogP contribution in [0.25, 0.3) is 0 Å². The maximum Gasteiger partial charge on any atom is 0.190 e. The number of carbonyl (C=O) groups is 1. The standard InChI is InChI=1S/C7H11NO2/c1-6(9)5-7(10)8-3-2-4-8/h5,10H,2-4H2,1H3/b7-5-. The lowest BCUT2D eigenvalue weighted by molar-refractivity contribution is -0.113. The first kappa shape index (κ1) is 7.12. The van der Waals surface area contributed by atoms with E-state index in [1.165, 1.54) is 13.0 Å². The third kappa shape index (κ3) is 1.50. The molecule has 0 saturated carbocycles. The van der Waals surface area contributed by atoms with E-state index in [1.54, 1.807) is 4.90 Å². The number of likely N-dealkylation sites (tertiary alicyclic amines) is 1. The molecule has 0 unspecified atom stereocenters. The molecule has 0 aromatic carbocycles. The van der Waals surface area contributed by atoms with Gasteiger partial charge in [-0.15, -0.1) is 0 Å². The summed E-state index contributed by atoms with van der Waals surface area (Å²) in [5, 5.41) is 9.11. The van der Waals surface area contributed by atoms with Crippen molar-refractivity contribution in [3.05, 3.63) is 12.0 Å². The van der Waals surface area contributed by atoms with Crippen LogP contribution in [0.5, 0.6) is 0 Å². The van der Waals surface area contributed by atoms with Crippen LogP contribution in [0.4, 0.5) is 0 Å². The fourth-order valence-electron chi connectivity index (χ4n) is 0.818. The van der Waals surface area contributed by atoms with Crippen LogP contribution in [-0.2, 0) is 4.79 Å². The Morgan fingerprint density at radius 1 is 1.60 bits per heavy atom. The third-order valence-corrected chi connectivity index (χ3v) is 1.51. The summed E-state index contributed by atoms with van der Waals surface area (Å²) in [6, 6.07) is 0. The van der Waals surface area contributed by atoms with E-state index >= 15 is 0 Å². The summed E-state index contributed by atoms with van der Waals surface area (Å²) in [5.41, 5.74) is 0. The number of aliphatic hydroxyl groups excluding tert-OH is 1. The maximum atomic E-state index is 10.4. The van der Waals surface area contributed by atoms with Gasteiger partial charge in [-0.1, -0.05) is 0 Å². The highest BCUT2D eigenvalue weighted by Gasteiger charge is 2.15. The first-order chi connectivity index (χ1) is 4.70. The summed E-state index contributed by atoms with van der Waals surface area (Å²) in [4.78, 5) is 12.2. The second-order valence-electron chi connectivity index (χ2n) is 2.45. The Bertz CT molecular complexity index is 170. The van der Waals surface area contributed by atoms with Crippen LogP contribution in [0.3, 0.4) is 0 Å². The highest BCUT2D eigenvalue weighted by molar-refractivity contribution is 5.87. The number of ketones is 1. The van der Waals surface area contributed by atoms with Crippen LogP contribution in [0.2, 0.25) is 0 Å². The van der Waals surface area contributed by atoms with Crippen molar-refractivity contribution in [3.8, 4) is 0 Å². The van der Waals surface area contributed by atoms with E-state index in [0.29, 0.717) is 0 Å². The Kier molecular flexibility index (Phi) is 1.94. The first-order valence-corrected chi connectivity index (χ1v) is 3.36. The molecule has 3 heteroatoms. The zero-order valence-electron chi connectivity index (χ0n) is 6.00. The molecule has 1 fully saturated rings. The Balaban J connectivity index is 2.45. The number of hydrogen-bond donors (Lipinski definition) is 1. The Morgan fingerprint density at radius 3 is 2.50 bits per heavy atom. The van der Waals surface area contributed by atoms with Crippen LogP contribution in [0.15, 0.2) is 12.0 Å². The Morgan fingerprint density at radius 2 is 2.20 bits per heavy atom. The van der Waals surface area contributed by atoms with Crippen molar-refractivity contribution < 1.29 is 9.90 Å². The lowest BCUT2D eigenvalue weighted by Gasteiger charge is -2.31. The summed E-state index contributed by atoms with van der Waals surface area (Å²) in [7, 11) is 0. The summed E-state index contributed by atoms with van der Waals surface area (Å²) in [6.45, 7) is 3.17. The SMILES string of the molecule is CC(=O)/C=C(\O)N1CCC1. The molecule has 0 aliphatic carbocycles. The fraction of sp³-hybridized carbons (Fsp3) is 0.571. The van der Waals surface area contributed by atoms with Gasteiger partial charge in [0.2, 0.25) is 0 Å². The van der Waals surface area contributed by atoms with Crippen LogP contribution >= 0.6 is 0 Å². The molecule has 10 heavy (non-hydrogen) atoms. The molecule has 1 aliphatic rings. The molecule has 0 radical (unpaired) electrons. The van der Waals surface area contributed by atoms with Crippen molar-refractivity contribution in [1.29, 1.82) is 0 Å². The van der Waals surface area contributed by atoms with E-state index in [2.05, 4.69) is 0 Å². The molecule has 1 aliphatic heterocycles. The summed E-state index contributed by atoms with van der Waals surface area (Å²) < 4.78 is 0. The molecule has 1 saturated heterocycles. The van der Waals surface area contributed by atoms with E-state index in [-0.39, 0.29) is 11.7 Å². The summed E-state index contributed by atoms with van der Waals surface area (Å²) >= 11 is 0. The van der Waals surface area contributed by atoms with E-state index in [0.717, 1.165) is 19.5 Å². The quantitative estimate of drug-likeness (QED) is 0.454. The van der Waals surface area contributed by atoms with Gasteiger partial charge >= 0.3 is 0 Å². The molecule has 0 amide bonds. The third-order valence-electron chi connectivity index (χ3n) is 1.51. The van der Waals surface area contributed by atoms with Gasteiger partial charge in [0.05, 0.1) is 0 Å². The van der Waals surface area contributed by atoms with Gasteiger partial charge in [-0.3, -0.25) is 4.79 Å². The van der Waals surface area contributed by atoms with Crippen molar-refractivity contribution in [2.75, 3.05) is 13.1 Å². The average Bonchev–Trinajstić information content (AvgIpc) is 1.55. The molecule has 1 rings (SSSR count). The molecule has 56 valence electrons. The smallest absolute Gasteiger partial charge is 0.190 e. The zero-order valence-corrected chi connectivity index (χ0v) is 6.00. The zero-order chi connectivity index (χ0) is 7.56. The average molecular weight is 141 g/mol. The molecule has 3 nitrogen and oxygen atoms in total. The van der Waals surface area contributed by atoms with E-state index in [4.69, 9.17) is 5.11 Å². The van der Waals surface area contributed by atoms with Crippen LogP contribution in [0.1, 0.15) is 13.3 Å². The minimum Gasteiger partial charge on any atom is -0.495 e. The summed E-state index contributed by atoms with van der Waals surface area (Å²) in [5.74, 6) is 0.00292. The predicted octanol–water partition coefficient (Wildman–Crippen LogP) is 0.680. The van der Waals surface area contributed by atoms with E-state index in [1.807, 2.05) is 0 Å². The van der Waals surface area contributed by atoms with E-state index in [9.17, 15) is 4.79 Å². The lowest BCUT2D eigenvalue weighted by Crippen LogP contribution is -2.36. The van der Waals surface area contributed by atoms with Crippen LogP contribution < -0.4 is 0 Å². The Labute approximate surface area is 59.9 Å². The molecule has 0 aromatic heterocycles. The first-order valence-electron chi connectivity index (χ1n) is 3.36. The molecule has 0 spiro atoms. The molecular weight excluding hydrogens is 130 g/mol. The number of nitrogens with zero attached hydrogens (tertiary/aromatic N) is 1. The van der Waals surface area contributed by atoms with Gasteiger partial charge in [-0.2, -0.15) is 0 Å². The van der Waals surface area contributed by atoms with Crippen LogP contribution in [0, 0.1) is 0 Å². The van der Waals surface area contributed by atoms with Gasteiger partial charge in [-0.25, -0.2) is 0 Å². The van der Waals surface area contributed by atoms with Gasteiger partial charge in [0.1, 0.15) is 0 Å². The van der Waals surface area contributed by atoms with Gasteiger partial charge in [-0.05, 0) is 13.3 Å². The largest absolute Gasteiger partial charge is 0.495 e. The van der Waals surface area contributed by atoms with Gasteiger partial charge < -0.3 is 10.0 Å². The van der Waals surface area contributed by atoms with E-state index < -0.39 is 0 Å². The van der Waals surface area contributed by atoms with Crippen LogP contribution in [-0.4, -0.2) is 28.9 Å². The van der Waals surface area contributed by atoms with Crippen molar-refractivity contribution in [1.82, 2.24) is 4.90 Å². The minimum absolute atomic E-state index is 0.107. The predicted molar refractivity (Wildman–Crippen MR) is 37.6 cm³/mol. The second kappa shape index (κ2) is 2.73. The topological polar surface area (TPSA) is 40.5 Å². The molecular formula is C7H11NO2. The minimum atomic E-state index is -0.107. The van der Waals surface area contributed by atoms with Crippen molar-refractivity contribution >= 4 is 5.78 Å². The highest BCUT2D eigenvalue weighted by atomic mass is 16.3. The fourth-order valence-corrected chi connectivity index (χ4v) is 0.818.